The van der Waals surface area contributed by atoms with E-state index in [9.17, 15) is 0 Å². The molecule has 1 nitrogen and oxygen atoms in total. The Balaban J connectivity index is 2.86. The van der Waals surface area contributed by atoms with E-state index in [1.807, 2.05) is 12.1 Å². The Morgan fingerprint density at radius 2 is 1.65 bits per heavy atom. The third-order valence-electron chi connectivity index (χ3n) is 3.65. The molecule has 0 aromatic heterocycles. The summed E-state index contributed by atoms with van der Waals surface area (Å²) in [4.78, 5) is 0. The van der Waals surface area contributed by atoms with Gasteiger partial charge in [0.05, 0.1) is 6.10 Å². The first-order chi connectivity index (χ1) is 8.21. The van der Waals surface area contributed by atoms with Crippen LogP contribution in [0, 0.1) is 0 Å². The lowest BCUT2D eigenvalue weighted by molar-refractivity contribution is 0.238. The van der Waals surface area contributed by atoms with E-state index < -0.39 is 8.32 Å². The van der Waals surface area contributed by atoms with E-state index in [2.05, 4.69) is 51.6 Å². The molecule has 0 aliphatic carbocycles. The minimum atomic E-state index is -1.56. The Morgan fingerprint density at radius 1 is 1.12 bits per heavy atom. The zero-order valence-electron chi connectivity index (χ0n) is 11.3. The van der Waals surface area contributed by atoms with Crippen LogP contribution in [0.5, 0.6) is 0 Å². The first-order valence-corrected chi connectivity index (χ1v) is 9.09. The molecule has 1 aromatic rings. The minimum Gasteiger partial charge on any atom is -0.407 e. The van der Waals surface area contributed by atoms with Gasteiger partial charge < -0.3 is 4.43 Å². The molecule has 1 rings (SSSR count). The van der Waals surface area contributed by atoms with E-state index in [0.717, 1.165) is 0 Å². The highest BCUT2D eigenvalue weighted by molar-refractivity contribution is 6.73. The van der Waals surface area contributed by atoms with Gasteiger partial charge in [0.2, 0.25) is 0 Å². The summed E-state index contributed by atoms with van der Waals surface area (Å²) in [6.07, 6.45) is 1.99. The zero-order chi connectivity index (χ0) is 12.7. The van der Waals surface area contributed by atoms with E-state index in [4.69, 9.17) is 4.43 Å². The van der Waals surface area contributed by atoms with Gasteiger partial charge >= 0.3 is 0 Å². The molecule has 1 atom stereocenters. The van der Waals surface area contributed by atoms with Gasteiger partial charge in [-0.2, -0.15) is 0 Å². The van der Waals surface area contributed by atoms with E-state index in [0.29, 0.717) is 0 Å². The van der Waals surface area contributed by atoms with E-state index in [-0.39, 0.29) is 6.10 Å². The molecule has 0 saturated heterocycles. The fourth-order valence-corrected chi connectivity index (χ4v) is 4.94. The lowest BCUT2D eigenvalue weighted by Crippen LogP contribution is -2.36. The van der Waals surface area contributed by atoms with Crippen LogP contribution < -0.4 is 0 Å². The highest BCUT2D eigenvalue weighted by atomic mass is 28.4. The van der Waals surface area contributed by atoms with E-state index in [1.165, 1.54) is 23.7 Å². The summed E-state index contributed by atoms with van der Waals surface area (Å²) in [5.74, 6) is 0. The van der Waals surface area contributed by atoms with Gasteiger partial charge in [0.25, 0.3) is 0 Å². The predicted octanol–water partition coefficient (Wildman–Crippen LogP) is 4.94. The van der Waals surface area contributed by atoms with Crippen molar-refractivity contribution in [3.05, 3.63) is 48.6 Å². The van der Waals surface area contributed by atoms with Crippen LogP contribution in [0.1, 0.15) is 32.4 Å². The summed E-state index contributed by atoms with van der Waals surface area (Å²) in [5, 5.41) is 0. The molecular formula is C15H24OSi. The van der Waals surface area contributed by atoms with Crippen LogP contribution in [0.4, 0.5) is 0 Å². The zero-order valence-corrected chi connectivity index (χ0v) is 12.3. The molecule has 1 aromatic carbocycles. The Morgan fingerprint density at radius 3 is 2.06 bits per heavy atom. The average molecular weight is 248 g/mol. The summed E-state index contributed by atoms with van der Waals surface area (Å²) >= 11 is 0. The maximum absolute atomic E-state index is 6.44. The van der Waals surface area contributed by atoms with Gasteiger partial charge in [-0.15, -0.1) is 6.58 Å². The Bertz CT molecular complexity index is 322. The van der Waals surface area contributed by atoms with Crippen LogP contribution in [0.3, 0.4) is 0 Å². The first kappa shape index (κ1) is 14.2. The third-order valence-corrected chi connectivity index (χ3v) is 8.27. The predicted molar refractivity (Wildman–Crippen MR) is 77.7 cm³/mol. The van der Waals surface area contributed by atoms with Crippen molar-refractivity contribution in [3.63, 3.8) is 0 Å². The fraction of sp³-hybridized carbons (Fsp3) is 0.467. The normalized spacial score (nSPS) is 13.4. The molecule has 0 aliphatic heterocycles. The summed E-state index contributed by atoms with van der Waals surface area (Å²) in [7, 11) is -1.56. The maximum Gasteiger partial charge on any atom is 0.193 e. The van der Waals surface area contributed by atoms with Crippen molar-refractivity contribution in [1.82, 2.24) is 0 Å². The van der Waals surface area contributed by atoms with Crippen molar-refractivity contribution in [2.45, 2.75) is 45.0 Å². The van der Waals surface area contributed by atoms with Gasteiger partial charge in [0, 0.05) is 0 Å². The van der Waals surface area contributed by atoms with Gasteiger partial charge in [-0.3, -0.25) is 0 Å². The van der Waals surface area contributed by atoms with Gasteiger partial charge in [-0.1, -0.05) is 57.2 Å². The van der Waals surface area contributed by atoms with Crippen molar-refractivity contribution in [2.24, 2.45) is 0 Å². The molecule has 0 bridgehead atoms. The highest BCUT2D eigenvalue weighted by Gasteiger charge is 2.31. The molecule has 0 heterocycles. The molecule has 0 saturated carbocycles. The number of hydrogen-bond donors (Lipinski definition) is 0. The molecule has 0 aliphatic rings. The van der Waals surface area contributed by atoms with Crippen LogP contribution in [0.25, 0.3) is 0 Å². The van der Waals surface area contributed by atoms with Crippen LogP contribution in [0.2, 0.25) is 18.1 Å². The summed E-state index contributed by atoms with van der Waals surface area (Å²) in [5.41, 5.74) is 1.22. The summed E-state index contributed by atoms with van der Waals surface area (Å²) < 4.78 is 6.44. The Hall–Kier alpha value is -0.863. The Labute approximate surface area is 107 Å². The quantitative estimate of drug-likeness (QED) is 0.491. The molecule has 17 heavy (non-hydrogen) atoms. The fourth-order valence-electron chi connectivity index (χ4n) is 2.16. The van der Waals surface area contributed by atoms with E-state index >= 15 is 0 Å². The number of benzene rings is 1. The molecule has 0 N–H and O–H groups in total. The maximum atomic E-state index is 6.44. The van der Waals surface area contributed by atoms with Gasteiger partial charge in [-0.05, 0) is 23.7 Å². The van der Waals surface area contributed by atoms with Crippen molar-refractivity contribution in [1.29, 1.82) is 0 Å². The van der Waals surface area contributed by atoms with Crippen molar-refractivity contribution >= 4 is 8.32 Å². The van der Waals surface area contributed by atoms with Gasteiger partial charge in [-0.25, -0.2) is 0 Å². The van der Waals surface area contributed by atoms with Crippen LogP contribution >= 0.6 is 0 Å². The SMILES string of the molecule is C=C[C@H](O[Si](CC)(CC)CC)c1ccccc1. The topological polar surface area (TPSA) is 9.23 Å². The van der Waals surface area contributed by atoms with Crippen LogP contribution in [0.15, 0.2) is 43.0 Å². The second-order valence-electron chi connectivity index (χ2n) is 4.43. The number of rotatable bonds is 7. The lowest BCUT2D eigenvalue weighted by Gasteiger charge is -2.32. The largest absolute Gasteiger partial charge is 0.407 e. The second-order valence-corrected chi connectivity index (χ2v) is 9.15. The lowest BCUT2D eigenvalue weighted by atomic mass is 10.1. The van der Waals surface area contributed by atoms with Crippen LogP contribution in [-0.2, 0) is 4.43 Å². The summed E-state index contributed by atoms with van der Waals surface area (Å²) in [6.45, 7) is 10.7. The molecule has 0 radical (unpaired) electrons. The van der Waals surface area contributed by atoms with Crippen molar-refractivity contribution in [3.8, 4) is 0 Å². The second kappa shape index (κ2) is 6.77. The molecule has 0 unspecified atom stereocenters. The van der Waals surface area contributed by atoms with Gasteiger partial charge in [0.1, 0.15) is 0 Å². The average Bonchev–Trinajstić information content (AvgIpc) is 2.42. The molecule has 0 amide bonds. The molecule has 94 valence electrons. The standard InChI is InChI=1S/C15H24OSi/c1-5-15(14-12-10-9-11-13-14)16-17(6-2,7-3)8-4/h5,9-13,15H,1,6-8H2,2-4H3/t15-/m0/s1. The van der Waals surface area contributed by atoms with E-state index in [1.54, 1.807) is 0 Å². The summed E-state index contributed by atoms with van der Waals surface area (Å²) in [6, 6.07) is 13.9. The number of hydrogen-bond acceptors (Lipinski definition) is 1. The third kappa shape index (κ3) is 3.55. The molecule has 0 spiro atoms. The Kier molecular flexibility index (Phi) is 5.66. The molecular weight excluding hydrogens is 224 g/mol. The minimum absolute atomic E-state index is 0.0581. The smallest absolute Gasteiger partial charge is 0.193 e. The monoisotopic (exact) mass is 248 g/mol. The first-order valence-electron chi connectivity index (χ1n) is 6.56. The molecule has 2 heteroatoms. The van der Waals surface area contributed by atoms with Gasteiger partial charge in [0.15, 0.2) is 8.32 Å². The van der Waals surface area contributed by atoms with Crippen molar-refractivity contribution in [2.75, 3.05) is 0 Å². The molecule has 0 fully saturated rings. The van der Waals surface area contributed by atoms with Crippen LogP contribution in [-0.4, -0.2) is 8.32 Å². The highest BCUT2D eigenvalue weighted by Crippen LogP contribution is 2.30. The van der Waals surface area contributed by atoms with Crippen molar-refractivity contribution < 1.29 is 4.43 Å².